The van der Waals surface area contributed by atoms with E-state index in [4.69, 9.17) is 0 Å². The molecule has 27 heavy (non-hydrogen) atoms. The minimum Gasteiger partial charge on any atom is -0.353 e. The smallest absolute Gasteiger partial charge is 0.276 e. The number of rotatable bonds is 5. The van der Waals surface area contributed by atoms with Crippen LogP contribution in [0.2, 0.25) is 0 Å². The summed E-state index contributed by atoms with van der Waals surface area (Å²) >= 11 is 0. The Kier molecular flexibility index (Phi) is 5.48. The maximum absolute atomic E-state index is 12.9. The van der Waals surface area contributed by atoms with Gasteiger partial charge < -0.3 is 10.2 Å². The van der Waals surface area contributed by atoms with Gasteiger partial charge >= 0.3 is 0 Å². The average molecular weight is 356 g/mol. The van der Waals surface area contributed by atoms with Gasteiger partial charge in [0.25, 0.3) is 5.91 Å². The molecule has 0 spiro atoms. The maximum atomic E-state index is 12.9. The molecule has 1 N–H and O–H groups in total. The summed E-state index contributed by atoms with van der Waals surface area (Å²) in [5.74, 6) is -0.146. The molecule has 1 heterocycles. The van der Waals surface area contributed by atoms with Gasteiger partial charge in [0.1, 0.15) is 11.8 Å². The molecule has 134 valence electrons. The Morgan fingerprint density at radius 1 is 1.15 bits per heavy atom. The van der Waals surface area contributed by atoms with Gasteiger partial charge in [-0.25, -0.2) is 4.98 Å². The summed E-state index contributed by atoms with van der Waals surface area (Å²) in [5, 5.41) is 12.3. The Morgan fingerprint density at radius 2 is 1.96 bits per heavy atom. The lowest BCUT2D eigenvalue weighted by atomic mass is 10.2. The van der Waals surface area contributed by atoms with Gasteiger partial charge in [0.05, 0.1) is 23.1 Å². The molecule has 0 unspecified atom stereocenters. The van der Waals surface area contributed by atoms with E-state index in [0.717, 1.165) is 11.3 Å². The average Bonchev–Trinajstić information content (AvgIpc) is 2.69. The number of para-hydroxylation sites is 1. The van der Waals surface area contributed by atoms with Gasteiger partial charge in [0, 0.05) is 12.2 Å². The van der Waals surface area contributed by atoms with Gasteiger partial charge in [0.15, 0.2) is 0 Å². The monoisotopic (exact) mass is 356 g/mol. The second-order valence-corrected chi connectivity index (χ2v) is 6.10. The third-order valence-electron chi connectivity index (χ3n) is 4.18. The summed E-state index contributed by atoms with van der Waals surface area (Å²) in [4.78, 5) is 18.9. The van der Waals surface area contributed by atoms with Crippen LogP contribution in [0.4, 0.5) is 17.1 Å². The van der Waals surface area contributed by atoms with Crippen LogP contribution in [0.15, 0.2) is 66.9 Å². The predicted molar refractivity (Wildman–Crippen MR) is 107 cm³/mol. The minimum absolute atomic E-state index is 0.146. The largest absolute Gasteiger partial charge is 0.353 e. The molecule has 0 aliphatic heterocycles. The van der Waals surface area contributed by atoms with E-state index in [0.29, 0.717) is 29.2 Å². The number of aryl methyl sites for hydroxylation is 1. The third kappa shape index (κ3) is 4.13. The molecule has 3 aromatic rings. The van der Waals surface area contributed by atoms with Crippen LogP contribution in [0.5, 0.6) is 0 Å². The van der Waals surface area contributed by atoms with E-state index in [-0.39, 0.29) is 5.91 Å². The molecule has 0 aliphatic carbocycles. The van der Waals surface area contributed by atoms with Crippen LogP contribution in [-0.2, 0) is 0 Å². The first-order chi connectivity index (χ1) is 13.1. The maximum Gasteiger partial charge on any atom is 0.276 e. The lowest BCUT2D eigenvalue weighted by Crippen LogP contribution is -2.31. The van der Waals surface area contributed by atoms with Crippen molar-refractivity contribution in [3.63, 3.8) is 0 Å². The van der Waals surface area contributed by atoms with Crippen molar-refractivity contribution in [1.82, 2.24) is 4.98 Å². The number of hydrogen-bond donors (Lipinski definition) is 1. The number of benzene rings is 2. The standard InChI is InChI=1S/C22H20N4O/c1-3-26(19-9-6-7-16(2)13-19)22(27)21-12-11-18(15-24-21)25-20-10-5-4-8-17(20)14-23/h4-13,15,25H,3H2,1-2H3. The highest BCUT2D eigenvalue weighted by atomic mass is 16.2. The van der Waals surface area contributed by atoms with E-state index < -0.39 is 0 Å². The SMILES string of the molecule is CCN(C(=O)c1ccc(Nc2ccccc2C#N)cn1)c1cccc(C)c1. The zero-order chi connectivity index (χ0) is 19.2. The minimum atomic E-state index is -0.146. The normalized spacial score (nSPS) is 10.1. The van der Waals surface area contributed by atoms with Crippen molar-refractivity contribution in [3.05, 3.63) is 83.7 Å². The Hall–Kier alpha value is -3.65. The molecule has 3 rings (SSSR count). The van der Waals surface area contributed by atoms with Crippen molar-refractivity contribution >= 4 is 23.0 Å². The van der Waals surface area contributed by atoms with E-state index in [2.05, 4.69) is 16.4 Å². The van der Waals surface area contributed by atoms with E-state index in [1.54, 1.807) is 29.3 Å². The van der Waals surface area contributed by atoms with Crippen LogP contribution in [0.25, 0.3) is 0 Å². The highest BCUT2D eigenvalue weighted by molar-refractivity contribution is 6.04. The molecule has 0 bridgehead atoms. The molecule has 1 aromatic heterocycles. The summed E-state index contributed by atoms with van der Waals surface area (Å²) in [7, 11) is 0. The fraction of sp³-hybridized carbons (Fsp3) is 0.136. The van der Waals surface area contributed by atoms with Crippen LogP contribution in [0.3, 0.4) is 0 Å². The highest BCUT2D eigenvalue weighted by Gasteiger charge is 2.17. The summed E-state index contributed by atoms with van der Waals surface area (Å²) in [6.45, 7) is 4.49. The molecule has 2 aromatic carbocycles. The van der Waals surface area contributed by atoms with Crippen molar-refractivity contribution in [2.75, 3.05) is 16.8 Å². The third-order valence-corrected chi connectivity index (χ3v) is 4.18. The molecule has 0 aliphatic rings. The van der Waals surface area contributed by atoms with E-state index in [1.165, 1.54) is 0 Å². The van der Waals surface area contributed by atoms with Gasteiger partial charge in [-0.2, -0.15) is 5.26 Å². The number of pyridine rings is 1. The van der Waals surface area contributed by atoms with Gasteiger partial charge in [-0.3, -0.25) is 4.79 Å². The number of carbonyl (C=O) groups is 1. The lowest BCUT2D eigenvalue weighted by molar-refractivity contribution is 0.0983. The molecule has 0 atom stereocenters. The van der Waals surface area contributed by atoms with Crippen molar-refractivity contribution in [1.29, 1.82) is 5.26 Å². The van der Waals surface area contributed by atoms with Crippen LogP contribution < -0.4 is 10.2 Å². The number of hydrogen-bond acceptors (Lipinski definition) is 4. The second-order valence-electron chi connectivity index (χ2n) is 6.10. The first-order valence-electron chi connectivity index (χ1n) is 8.73. The summed E-state index contributed by atoms with van der Waals surface area (Å²) in [5.41, 5.74) is 4.30. The molecular formula is C22H20N4O. The fourth-order valence-electron chi connectivity index (χ4n) is 2.82. The van der Waals surface area contributed by atoms with E-state index >= 15 is 0 Å². The first kappa shape index (κ1) is 18.2. The van der Waals surface area contributed by atoms with E-state index in [1.807, 2.05) is 56.3 Å². The van der Waals surface area contributed by atoms with Crippen molar-refractivity contribution in [2.24, 2.45) is 0 Å². The molecule has 0 fully saturated rings. The van der Waals surface area contributed by atoms with Crippen molar-refractivity contribution in [3.8, 4) is 6.07 Å². The van der Waals surface area contributed by atoms with Crippen LogP contribution in [0, 0.1) is 18.3 Å². The van der Waals surface area contributed by atoms with Crippen LogP contribution in [0.1, 0.15) is 28.5 Å². The Bertz CT molecular complexity index is 990. The number of carbonyl (C=O) groups excluding carboxylic acids is 1. The number of anilines is 3. The Labute approximate surface area is 158 Å². The van der Waals surface area contributed by atoms with Crippen LogP contribution >= 0.6 is 0 Å². The van der Waals surface area contributed by atoms with Gasteiger partial charge in [-0.15, -0.1) is 0 Å². The first-order valence-corrected chi connectivity index (χ1v) is 8.73. The predicted octanol–water partition coefficient (Wildman–Crippen LogP) is 4.67. The van der Waals surface area contributed by atoms with E-state index in [9.17, 15) is 10.1 Å². The van der Waals surface area contributed by atoms with Gasteiger partial charge in [-0.05, 0) is 55.8 Å². The number of aromatic nitrogens is 1. The highest BCUT2D eigenvalue weighted by Crippen LogP contribution is 2.21. The second kappa shape index (κ2) is 8.15. The topological polar surface area (TPSA) is 69.0 Å². The zero-order valence-electron chi connectivity index (χ0n) is 15.3. The van der Waals surface area contributed by atoms with Crippen LogP contribution in [-0.4, -0.2) is 17.4 Å². The number of nitrogens with zero attached hydrogens (tertiary/aromatic N) is 3. The molecule has 1 amide bonds. The van der Waals surface area contributed by atoms with Crippen molar-refractivity contribution < 1.29 is 4.79 Å². The number of amides is 1. The molecule has 5 nitrogen and oxygen atoms in total. The Morgan fingerprint density at radius 3 is 2.63 bits per heavy atom. The molecule has 0 saturated carbocycles. The molecule has 0 saturated heterocycles. The number of nitriles is 1. The summed E-state index contributed by atoms with van der Waals surface area (Å²) in [6, 6.07) is 20.7. The van der Waals surface area contributed by atoms with Crippen molar-refractivity contribution in [2.45, 2.75) is 13.8 Å². The van der Waals surface area contributed by atoms with Gasteiger partial charge in [0.2, 0.25) is 0 Å². The Balaban J connectivity index is 1.80. The molecule has 5 heteroatoms. The summed E-state index contributed by atoms with van der Waals surface area (Å²) in [6.07, 6.45) is 1.60. The molecular weight excluding hydrogens is 336 g/mol. The zero-order valence-corrected chi connectivity index (χ0v) is 15.3. The quantitative estimate of drug-likeness (QED) is 0.721. The lowest BCUT2D eigenvalue weighted by Gasteiger charge is -2.21. The summed E-state index contributed by atoms with van der Waals surface area (Å²) < 4.78 is 0. The van der Waals surface area contributed by atoms with Gasteiger partial charge in [-0.1, -0.05) is 24.3 Å². The molecule has 0 radical (unpaired) electrons. The number of nitrogens with one attached hydrogen (secondary N) is 1. The fourth-order valence-corrected chi connectivity index (χ4v) is 2.82.